The van der Waals surface area contributed by atoms with Crippen LogP contribution in [0, 0.1) is 5.92 Å². The lowest BCUT2D eigenvalue weighted by molar-refractivity contribution is -0.0952. The molecule has 0 radical (unpaired) electrons. The second-order valence-corrected chi connectivity index (χ2v) is 4.64. The standard InChI is InChI=1S/C10H16O2/c1-9(2)7-4-5-10(3,11)8(6-7)12-9/h4-5,7-8,11H,6H2,1-3H3. The molecule has 2 heteroatoms. The van der Waals surface area contributed by atoms with Crippen molar-refractivity contribution in [2.45, 2.75) is 44.5 Å². The van der Waals surface area contributed by atoms with Crippen LogP contribution in [0.5, 0.6) is 0 Å². The molecular weight excluding hydrogens is 152 g/mol. The molecular formula is C10H16O2. The highest BCUT2D eigenvalue weighted by Crippen LogP contribution is 2.44. The van der Waals surface area contributed by atoms with E-state index in [1.165, 1.54) is 0 Å². The highest BCUT2D eigenvalue weighted by molar-refractivity contribution is 5.17. The minimum absolute atomic E-state index is 0.0116. The van der Waals surface area contributed by atoms with E-state index in [0.717, 1.165) is 6.42 Å². The quantitative estimate of drug-likeness (QED) is 0.555. The van der Waals surface area contributed by atoms with Crippen LogP contribution in [0.25, 0.3) is 0 Å². The lowest BCUT2D eigenvalue weighted by atomic mass is 9.81. The first kappa shape index (κ1) is 8.27. The zero-order valence-corrected chi connectivity index (χ0v) is 7.87. The van der Waals surface area contributed by atoms with Gasteiger partial charge in [0.2, 0.25) is 0 Å². The van der Waals surface area contributed by atoms with Gasteiger partial charge in [-0.25, -0.2) is 0 Å². The molecule has 2 aliphatic rings. The van der Waals surface area contributed by atoms with Gasteiger partial charge in [0, 0.05) is 5.92 Å². The van der Waals surface area contributed by atoms with Gasteiger partial charge < -0.3 is 9.84 Å². The largest absolute Gasteiger partial charge is 0.383 e. The van der Waals surface area contributed by atoms with Crippen molar-refractivity contribution in [3.05, 3.63) is 12.2 Å². The maximum absolute atomic E-state index is 9.88. The Hall–Kier alpha value is -0.340. The van der Waals surface area contributed by atoms with Crippen LogP contribution in [0.4, 0.5) is 0 Å². The molecule has 1 fully saturated rings. The molecule has 1 aliphatic heterocycles. The SMILES string of the molecule is CC1(O)C=CC2CC1OC2(C)C. The van der Waals surface area contributed by atoms with Gasteiger partial charge in [-0.3, -0.25) is 0 Å². The lowest BCUT2D eigenvalue weighted by Crippen LogP contribution is -2.38. The molecule has 0 aromatic heterocycles. The van der Waals surface area contributed by atoms with E-state index in [9.17, 15) is 5.11 Å². The van der Waals surface area contributed by atoms with Crippen LogP contribution in [0.3, 0.4) is 0 Å². The predicted octanol–water partition coefficient (Wildman–Crippen LogP) is 1.49. The maximum Gasteiger partial charge on any atom is 0.106 e. The summed E-state index contributed by atoms with van der Waals surface area (Å²) in [6, 6.07) is 0. The molecule has 68 valence electrons. The zero-order valence-electron chi connectivity index (χ0n) is 7.87. The van der Waals surface area contributed by atoms with Gasteiger partial charge in [0.05, 0.1) is 11.7 Å². The van der Waals surface area contributed by atoms with Crippen molar-refractivity contribution in [2.24, 2.45) is 5.92 Å². The van der Waals surface area contributed by atoms with Gasteiger partial charge in [0.1, 0.15) is 5.60 Å². The van der Waals surface area contributed by atoms with Crippen LogP contribution >= 0.6 is 0 Å². The summed E-state index contributed by atoms with van der Waals surface area (Å²) in [5.41, 5.74) is -0.855. The molecule has 1 aliphatic carbocycles. The number of aliphatic hydroxyl groups is 1. The summed E-state index contributed by atoms with van der Waals surface area (Å²) in [4.78, 5) is 0. The molecule has 0 aromatic rings. The van der Waals surface area contributed by atoms with E-state index >= 15 is 0 Å². The number of rotatable bonds is 0. The van der Waals surface area contributed by atoms with Gasteiger partial charge in [0.15, 0.2) is 0 Å². The van der Waals surface area contributed by atoms with Gasteiger partial charge in [-0.1, -0.05) is 12.2 Å². The van der Waals surface area contributed by atoms with Gasteiger partial charge >= 0.3 is 0 Å². The average molecular weight is 168 g/mol. The van der Waals surface area contributed by atoms with Crippen molar-refractivity contribution in [1.82, 2.24) is 0 Å². The molecule has 0 aromatic carbocycles. The van der Waals surface area contributed by atoms with Crippen LogP contribution in [-0.4, -0.2) is 22.4 Å². The Morgan fingerprint density at radius 2 is 2.08 bits per heavy atom. The third-order valence-electron chi connectivity index (χ3n) is 3.12. The van der Waals surface area contributed by atoms with E-state index in [4.69, 9.17) is 4.74 Å². The van der Waals surface area contributed by atoms with Gasteiger partial charge in [-0.2, -0.15) is 0 Å². The molecule has 3 unspecified atom stereocenters. The number of hydrogen-bond donors (Lipinski definition) is 1. The second kappa shape index (κ2) is 2.12. The summed E-state index contributed by atoms with van der Waals surface area (Å²) in [5.74, 6) is 0.475. The van der Waals surface area contributed by atoms with Crippen LogP contribution in [-0.2, 0) is 4.74 Å². The molecule has 0 amide bonds. The summed E-state index contributed by atoms with van der Waals surface area (Å²) < 4.78 is 5.78. The maximum atomic E-state index is 9.88. The van der Waals surface area contributed by atoms with Crippen molar-refractivity contribution < 1.29 is 9.84 Å². The van der Waals surface area contributed by atoms with Crippen LogP contribution in [0.2, 0.25) is 0 Å². The van der Waals surface area contributed by atoms with Gasteiger partial charge in [-0.15, -0.1) is 0 Å². The van der Waals surface area contributed by atoms with E-state index < -0.39 is 5.60 Å². The van der Waals surface area contributed by atoms with Crippen LogP contribution < -0.4 is 0 Å². The summed E-state index contributed by atoms with van der Waals surface area (Å²) in [7, 11) is 0. The van der Waals surface area contributed by atoms with E-state index in [-0.39, 0.29) is 11.7 Å². The third-order valence-corrected chi connectivity index (χ3v) is 3.12. The minimum Gasteiger partial charge on any atom is -0.383 e. The summed E-state index contributed by atoms with van der Waals surface area (Å²) in [6.45, 7) is 5.98. The first-order valence-corrected chi connectivity index (χ1v) is 4.51. The number of fused-ring (bicyclic) bond motifs is 2. The monoisotopic (exact) mass is 168 g/mol. The topological polar surface area (TPSA) is 29.5 Å². The first-order chi connectivity index (χ1) is 5.42. The molecule has 0 spiro atoms. The highest BCUT2D eigenvalue weighted by Gasteiger charge is 2.49. The molecule has 0 saturated carbocycles. The summed E-state index contributed by atoms with van der Waals surface area (Å²) in [5, 5.41) is 9.88. The van der Waals surface area contributed by atoms with Gasteiger partial charge in [0.25, 0.3) is 0 Å². The van der Waals surface area contributed by atoms with Crippen molar-refractivity contribution in [2.75, 3.05) is 0 Å². The van der Waals surface area contributed by atoms with Crippen molar-refractivity contribution in [1.29, 1.82) is 0 Å². The van der Waals surface area contributed by atoms with Gasteiger partial charge in [-0.05, 0) is 27.2 Å². The summed E-state index contributed by atoms with van der Waals surface area (Å²) >= 11 is 0. The van der Waals surface area contributed by atoms with Crippen LogP contribution in [0.1, 0.15) is 27.2 Å². The number of hydrogen-bond acceptors (Lipinski definition) is 2. The molecule has 1 N–H and O–H groups in total. The molecule has 1 heterocycles. The molecule has 2 rings (SSSR count). The Labute approximate surface area is 73.2 Å². The van der Waals surface area contributed by atoms with Crippen molar-refractivity contribution in [3.63, 3.8) is 0 Å². The molecule has 12 heavy (non-hydrogen) atoms. The fourth-order valence-electron chi connectivity index (χ4n) is 2.10. The fraction of sp³-hybridized carbons (Fsp3) is 0.800. The lowest BCUT2D eigenvalue weighted by Gasteiger charge is -2.28. The average Bonchev–Trinajstić information content (AvgIpc) is 2.17. The predicted molar refractivity (Wildman–Crippen MR) is 46.8 cm³/mol. The first-order valence-electron chi connectivity index (χ1n) is 4.51. The Morgan fingerprint density at radius 3 is 2.67 bits per heavy atom. The zero-order chi connectivity index (χ0) is 8.98. The normalized spacial score (nSPS) is 49.7. The van der Waals surface area contributed by atoms with E-state index in [2.05, 4.69) is 19.9 Å². The second-order valence-electron chi connectivity index (χ2n) is 4.64. The highest BCUT2D eigenvalue weighted by atomic mass is 16.5. The molecule has 1 saturated heterocycles. The van der Waals surface area contributed by atoms with E-state index in [0.29, 0.717) is 5.92 Å². The Bertz CT molecular complexity index is 228. The summed E-state index contributed by atoms with van der Waals surface area (Å²) in [6.07, 6.45) is 4.91. The smallest absolute Gasteiger partial charge is 0.106 e. The van der Waals surface area contributed by atoms with E-state index in [1.807, 2.05) is 13.0 Å². The Kier molecular flexibility index (Phi) is 1.46. The van der Waals surface area contributed by atoms with Crippen molar-refractivity contribution >= 4 is 0 Å². The van der Waals surface area contributed by atoms with Crippen LogP contribution in [0.15, 0.2) is 12.2 Å². The Balaban J connectivity index is 2.32. The Morgan fingerprint density at radius 1 is 1.42 bits per heavy atom. The number of ether oxygens (including phenoxy) is 1. The molecule has 2 bridgehead atoms. The molecule has 3 atom stereocenters. The fourth-order valence-corrected chi connectivity index (χ4v) is 2.10. The van der Waals surface area contributed by atoms with Crippen molar-refractivity contribution in [3.8, 4) is 0 Å². The van der Waals surface area contributed by atoms with E-state index in [1.54, 1.807) is 0 Å². The third kappa shape index (κ3) is 1.02. The molecule has 2 nitrogen and oxygen atoms in total. The minimum atomic E-state index is -0.760.